The maximum absolute atomic E-state index is 13.1. The molecule has 2 nitrogen and oxygen atoms in total. The van der Waals surface area contributed by atoms with Crippen molar-refractivity contribution >= 4 is 17.6 Å². The van der Waals surface area contributed by atoms with E-state index in [1.54, 1.807) is 36.4 Å². The van der Waals surface area contributed by atoms with E-state index in [-0.39, 0.29) is 17.1 Å². The normalized spacial score (nSPS) is 13.6. The number of ketones is 2. The van der Waals surface area contributed by atoms with E-state index in [2.05, 4.69) is 0 Å². The van der Waals surface area contributed by atoms with E-state index in [4.69, 9.17) is 0 Å². The van der Waals surface area contributed by atoms with Crippen LogP contribution in [-0.2, 0) is 0 Å². The molecule has 0 spiro atoms. The molecule has 0 fully saturated rings. The lowest BCUT2D eigenvalue weighted by Gasteiger charge is -1.96. The van der Waals surface area contributed by atoms with Crippen LogP contribution in [0.3, 0.4) is 0 Å². The first-order chi connectivity index (χ1) is 9.16. The number of Topliss-reactive ketones (excluding diaryl/α,β-unsaturated/α-hetero) is 2. The van der Waals surface area contributed by atoms with Crippen molar-refractivity contribution in [3.8, 4) is 0 Å². The van der Waals surface area contributed by atoms with Crippen LogP contribution in [0.2, 0.25) is 0 Å². The Morgan fingerprint density at radius 1 is 0.842 bits per heavy atom. The third-order valence-corrected chi connectivity index (χ3v) is 3.07. The van der Waals surface area contributed by atoms with Gasteiger partial charge >= 0.3 is 0 Å². The first-order valence-electron chi connectivity index (χ1n) is 5.82. The molecule has 1 aliphatic carbocycles. The van der Waals surface area contributed by atoms with Gasteiger partial charge in [-0.15, -0.1) is 0 Å². The lowest BCUT2D eigenvalue weighted by atomic mass is 10.1. The van der Waals surface area contributed by atoms with E-state index in [0.717, 1.165) is 0 Å². The van der Waals surface area contributed by atoms with Crippen LogP contribution in [0.4, 0.5) is 4.39 Å². The number of carbonyl (C=O) groups excluding carboxylic acids is 2. The van der Waals surface area contributed by atoms with Gasteiger partial charge in [-0.25, -0.2) is 4.39 Å². The summed E-state index contributed by atoms with van der Waals surface area (Å²) in [6.07, 6.45) is 1.44. The van der Waals surface area contributed by atoms with Gasteiger partial charge in [0.15, 0.2) is 11.6 Å². The van der Waals surface area contributed by atoms with Crippen LogP contribution in [0.25, 0.3) is 6.08 Å². The number of carbonyl (C=O) groups is 2. The molecule has 92 valence electrons. The standard InChI is InChI=1S/C16H9FO2/c17-11-5-3-4-10(8-11)9-14-15(18)12-6-1-2-7-13(12)16(14)19/h1-9H. The van der Waals surface area contributed by atoms with Crippen molar-refractivity contribution in [2.75, 3.05) is 0 Å². The highest BCUT2D eigenvalue weighted by molar-refractivity contribution is 6.41. The maximum atomic E-state index is 13.1. The van der Waals surface area contributed by atoms with Crippen LogP contribution >= 0.6 is 0 Å². The van der Waals surface area contributed by atoms with Crippen molar-refractivity contribution in [3.63, 3.8) is 0 Å². The zero-order valence-corrected chi connectivity index (χ0v) is 9.89. The van der Waals surface area contributed by atoms with Crippen molar-refractivity contribution in [3.05, 3.63) is 76.6 Å². The van der Waals surface area contributed by atoms with Crippen LogP contribution in [-0.4, -0.2) is 11.6 Å². The van der Waals surface area contributed by atoms with Gasteiger partial charge in [0.25, 0.3) is 0 Å². The second-order valence-electron chi connectivity index (χ2n) is 4.32. The summed E-state index contributed by atoms with van der Waals surface area (Å²) in [6.45, 7) is 0. The van der Waals surface area contributed by atoms with E-state index >= 15 is 0 Å². The molecule has 2 aromatic carbocycles. The molecule has 0 heterocycles. The van der Waals surface area contributed by atoms with Crippen molar-refractivity contribution in [1.82, 2.24) is 0 Å². The van der Waals surface area contributed by atoms with Crippen LogP contribution in [0, 0.1) is 5.82 Å². The molecule has 0 amide bonds. The van der Waals surface area contributed by atoms with E-state index in [9.17, 15) is 14.0 Å². The minimum atomic E-state index is -0.398. The molecule has 19 heavy (non-hydrogen) atoms. The molecule has 2 aromatic rings. The van der Waals surface area contributed by atoms with E-state index in [0.29, 0.717) is 16.7 Å². The second-order valence-corrected chi connectivity index (χ2v) is 4.32. The minimum Gasteiger partial charge on any atom is -0.288 e. The Morgan fingerprint density at radius 2 is 1.47 bits per heavy atom. The Morgan fingerprint density at radius 3 is 2.05 bits per heavy atom. The Hall–Kier alpha value is -2.55. The highest BCUT2D eigenvalue weighted by Crippen LogP contribution is 2.27. The topological polar surface area (TPSA) is 34.1 Å². The Kier molecular flexibility index (Phi) is 2.60. The summed E-state index contributed by atoms with van der Waals surface area (Å²) in [6, 6.07) is 12.5. The number of halogens is 1. The van der Waals surface area contributed by atoms with E-state index in [1.807, 2.05) is 0 Å². The number of allylic oxidation sites excluding steroid dienone is 1. The molecule has 3 heteroatoms. The summed E-state index contributed by atoms with van der Waals surface area (Å²) >= 11 is 0. The molecule has 0 atom stereocenters. The van der Waals surface area contributed by atoms with Crippen LogP contribution in [0.5, 0.6) is 0 Å². The molecule has 0 aromatic heterocycles. The molecular formula is C16H9FO2. The molecule has 1 aliphatic rings. The van der Waals surface area contributed by atoms with Gasteiger partial charge in [-0.2, -0.15) is 0 Å². The average molecular weight is 252 g/mol. The van der Waals surface area contributed by atoms with E-state index < -0.39 is 5.82 Å². The monoisotopic (exact) mass is 252 g/mol. The lowest BCUT2D eigenvalue weighted by molar-refractivity contribution is 0.0990. The van der Waals surface area contributed by atoms with Crippen LogP contribution in [0.1, 0.15) is 26.3 Å². The number of hydrogen-bond donors (Lipinski definition) is 0. The van der Waals surface area contributed by atoms with Gasteiger partial charge in [-0.05, 0) is 23.8 Å². The first kappa shape index (κ1) is 11.5. The summed E-state index contributed by atoms with van der Waals surface area (Å²) < 4.78 is 13.1. The van der Waals surface area contributed by atoms with Crippen molar-refractivity contribution in [2.45, 2.75) is 0 Å². The summed E-state index contributed by atoms with van der Waals surface area (Å²) in [4.78, 5) is 24.2. The zero-order valence-electron chi connectivity index (χ0n) is 9.89. The van der Waals surface area contributed by atoms with Gasteiger partial charge in [0.2, 0.25) is 0 Å². The van der Waals surface area contributed by atoms with E-state index in [1.165, 1.54) is 18.2 Å². The fourth-order valence-corrected chi connectivity index (χ4v) is 2.17. The molecule has 0 saturated heterocycles. The highest BCUT2D eigenvalue weighted by Gasteiger charge is 2.32. The van der Waals surface area contributed by atoms with Crippen molar-refractivity contribution in [1.29, 1.82) is 0 Å². The Labute approximate surface area is 109 Å². The number of fused-ring (bicyclic) bond motifs is 1. The third kappa shape index (κ3) is 1.89. The molecule has 0 bridgehead atoms. The number of rotatable bonds is 1. The van der Waals surface area contributed by atoms with Gasteiger partial charge in [0, 0.05) is 11.1 Å². The van der Waals surface area contributed by atoms with Gasteiger partial charge in [-0.1, -0.05) is 36.4 Å². The summed E-state index contributed by atoms with van der Waals surface area (Å²) in [7, 11) is 0. The average Bonchev–Trinajstić information content (AvgIpc) is 2.65. The molecule has 0 radical (unpaired) electrons. The largest absolute Gasteiger partial charge is 0.288 e. The summed E-state index contributed by atoms with van der Waals surface area (Å²) in [5, 5.41) is 0. The van der Waals surface area contributed by atoms with Gasteiger partial charge in [-0.3, -0.25) is 9.59 Å². The molecule has 3 rings (SSSR count). The lowest BCUT2D eigenvalue weighted by Crippen LogP contribution is -2.00. The minimum absolute atomic E-state index is 0.0896. The van der Waals surface area contributed by atoms with Crippen LogP contribution in [0.15, 0.2) is 54.1 Å². The zero-order chi connectivity index (χ0) is 13.4. The summed E-state index contributed by atoms with van der Waals surface area (Å²) in [5.41, 5.74) is 1.42. The smallest absolute Gasteiger partial charge is 0.197 e. The fourth-order valence-electron chi connectivity index (χ4n) is 2.17. The number of hydrogen-bond acceptors (Lipinski definition) is 2. The first-order valence-corrected chi connectivity index (χ1v) is 5.82. The Bertz CT molecular complexity index is 692. The molecule has 0 unspecified atom stereocenters. The van der Waals surface area contributed by atoms with Crippen LogP contribution < -0.4 is 0 Å². The maximum Gasteiger partial charge on any atom is 0.197 e. The van der Waals surface area contributed by atoms with Gasteiger partial charge < -0.3 is 0 Å². The summed E-state index contributed by atoms with van der Waals surface area (Å²) in [5.74, 6) is -1.00. The quantitative estimate of drug-likeness (QED) is 0.576. The predicted octanol–water partition coefficient (Wildman–Crippen LogP) is 3.29. The molecule has 0 aliphatic heterocycles. The third-order valence-electron chi connectivity index (χ3n) is 3.07. The molecular weight excluding hydrogens is 243 g/mol. The second kappa shape index (κ2) is 4.28. The fraction of sp³-hybridized carbons (Fsp3) is 0. The van der Waals surface area contributed by atoms with Crippen molar-refractivity contribution in [2.24, 2.45) is 0 Å². The molecule has 0 saturated carbocycles. The SMILES string of the molecule is O=C1C(=Cc2cccc(F)c2)C(=O)c2ccccc21. The predicted molar refractivity (Wildman–Crippen MR) is 69.5 cm³/mol. The highest BCUT2D eigenvalue weighted by atomic mass is 19.1. The van der Waals surface area contributed by atoms with Gasteiger partial charge in [0.05, 0.1) is 5.57 Å². The van der Waals surface area contributed by atoms with Gasteiger partial charge in [0.1, 0.15) is 5.82 Å². The number of benzene rings is 2. The van der Waals surface area contributed by atoms with Crippen molar-refractivity contribution < 1.29 is 14.0 Å². The molecule has 0 N–H and O–H groups in total. The Balaban J connectivity index is 2.09.